The third-order valence-electron chi connectivity index (χ3n) is 4.54. The van der Waals surface area contributed by atoms with Crippen LogP contribution in [0, 0.1) is 11.3 Å². The molecule has 2 saturated carbocycles. The quantitative estimate of drug-likeness (QED) is 0.806. The average Bonchev–Trinajstić information content (AvgIpc) is 3.38. The van der Waals surface area contributed by atoms with E-state index in [4.69, 9.17) is 0 Å². The van der Waals surface area contributed by atoms with Crippen LogP contribution in [-0.4, -0.2) is 11.9 Å². The Kier molecular flexibility index (Phi) is 3.08. The molecule has 0 aromatic heterocycles. The standard InChI is InChI=1S/C18H17N3O2/c22-16(18-10-12(18)11-18)19-14-7-4-8-15(9-14)21-17(23)20-13-5-2-1-3-6-13/h1-9,12H,10-11H2,(H,19,22)(H2,20,21,23). The number of para-hydroxylation sites is 1. The zero-order valence-electron chi connectivity index (χ0n) is 12.5. The van der Waals surface area contributed by atoms with Gasteiger partial charge in [0.25, 0.3) is 0 Å². The van der Waals surface area contributed by atoms with Crippen molar-refractivity contribution < 1.29 is 9.59 Å². The Hall–Kier alpha value is -2.82. The van der Waals surface area contributed by atoms with Crippen molar-refractivity contribution in [1.82, 2.24) is 0 Å². The normalized spacial score (nSPS) is 23.4. The van der Waals surface area contributed by atoms with Gasteiger partial charge in [-0.2, -0.15) is 0 Å². The van der Waals surface area contributed by atoms with Crippen LogP contribution in [0.3, 0.4) is 0 Å². The van der Waals surface area contributed by atoms with Crippen molar-refractivity contribution in [3.8, 4) is 0 Å². The molecule has 5 nitrogen and oxygen atoms in total. The summed E-state index contributed by atoms with van der Waals surface area (Å²) in [6, 6.07) is 16.1. The largest absolute Gasteiger partial charge is 0.326 e. The summed E-state index contributed by atoms with van der Waals surface area (Å²) in [6.07, 6.45) is 2.05. The molecule has 2 aliphatic rings. The maximum Gasteiger partial charge on any atom is 0.323 e. The van der Waals surface area contributed by atoms with E-state index in [0.29, 0.717) is 17.3 Å². The molecule has 116 valence electrons. The molecule has 2 fully saturated rings. The van der Waals surface area contributed by atoms with Gasteiger partial charge in [0, 0.05) is 17.1 Å². The predicted octanol–water partition coefficient (Wildman–Crippen LogP) is 3.68. The molecule has 23 heavy (non-hydrogen) atoms. The van der Waals surface area contributed by atoms with Crippen molar-refractivity contribution in [3.63, 3.8) is 0 Å². The van der Waals surface area contributed by atoms with E-state index in [1.54, 1.807) is 12.1 Å². The van der Waals surface area contributed by atoms with Crippen molar-refractivity contribution >= 4 is 29.0 Å². The second-order valence-corrected chi connectivity index (χ2v) is 6.24. The first-order chi connectivity index (χ1) is 11.2. The summed E-state index contributed by atoms with van der Waals surface area (Å²) in [6.45, 7) is 0. The second kappa shape index (κ2) is 5.12. The SMILES string of the molecule is O=C(Nc1ccccc1)Nc1cccc(NC(=O)C23CC2C3)c1. The summed E-state index contributed by atoms with van der Waals surface area (Å²) >= 11 is 0. The number of fused-ring (bicyclic) bond motifs is 1. The highest BCUT2D eigenvalue weighted by atomic mass is 16.2. The van der Waals surface area contributed by atoms with E-state index in [1.165, 1.54) is 0 Å². The van der Waals surface area contributed by atoms with Gasteiger partial charge in [0.2, 0.25) is 5.91 Å². The highest BCUT2D eigenvalue weighted by Gasteiger charge is 2.74. The maximum atomic E-state index is 12.1. The van der Waals surface area contributed by atoms with Gasteiger partial charge >= 0.3 is 6.03 Å². The molecule has 4 rings (SSSR count). The lowest BCUT2D eigenvalue weighted by Crippen LogP contribution is -2.20. The second-order valence-electron chi connectivity index (χ2n) is 6.24. The third kappa shape index (κ3) is 2.77. The van der Waals surface area contributed by atoms with E-state index >= 15 is 0 Å². The molecule has 0 aliphatic heterocycles. The molecular weight excluding hydrogens is 290 g/mol. The van der Waals surface area contributed by atoms with Gasteiger partial charge in [0.15, 0.2) is 0 Å². The van der Waals surface area contributed by atoms with Gasteiger partial charge < -0.3 is 16.0 Å². The number of urea groups is 1. The van der Waals surface area contributed by atoms with E-state index in [-0.39, 0.29) is 17.4 Å². The number of carbonyl (C=O) groups excluding carboxylic acids is 2. The molecule has 3 N–H and O–H groups in total. The minimum atomic E-state index is -0.317. The summed E-state index contributed by atoms with van der Waals surface area (Å²) in [4.78, 5) is 24.1. The Balaban J connectivity index is 1.38. The highest BCUT2D eigenvalue weighted by molar-refractivity contribution is 6.02. The Morgan fingerprint density at radius 2 is 1.39 bits per heavy atom. The van der Waals surface area contributed by atoms with Crippen LogP contribution in [0.2, 0.25) is 0 Å². The molecule has 2 aromatic carbocycles. The number of hydrogen-bond donors (Lipinski definition) is 3. The lowest BCUT2D eigenvalue weighted by atomic mass is 10.2. The number of carbonyl (C=O) groups is 2. The van der Waals surface area contributed by atoms with Gasteiger partial charge in [-0.1, -0.05) is 24.3 Å². The lowest BCUT2D eigenvalue weighted by molar-refractivity contribution is -0.119. The predicted molar refractivity (Wildman–Crippen MR) is 89.3 cm³/mol. The fourth-order valence-electron chi connectivity index (χ4n) is 2.82. The molecule has 0 unspecified atom stereocenters. The lowest BCUT2D eigenvalue weighted by Gasteiger charge is -2.10. The summed E-state index contributed by atoms with van der Waals surface area (Å²) in [5.74, 6) is 0.717. The molecule has 0 bridgehead atoms. The highest BCUT2D eigenvalue weighted by Crippen LogP contribution is 2.75. The molecule has 0 saturated heterocycles. The molecule has 0 radical (unpaired) electrons. The zero-order valence-corrected chi connectivity index (χ0v) is 12.5. The van der Waals surface area contributed by atoms with Gasteiger partial charge in [-0.3, -0.25) is 4.79 Å². The molecule has 5 heteroatoms. The number of rotatable bonds is 4. The van der Waals surface area contributed by atoms with Crippen LogP contribution in [0.15, 0.2) is 54.6 Å². The first-order valence-electron chi connectivity index (χ1n) is 7.70. The summed E-state index contributed by atoms with van der Waals surface area (Å²) < 4.78 is 0. The van der Waals surface area contributed by atoms with Crippen LogP contribution in [0.5, 0.6) is 0 Å². The van der Waals surface area contributed by atoms with E-state index in [2.05, 4.69) is 16.0 Å². The molecular formula is C18H17N3O2. The third-order valence-corrected chi connectivity index (χ3v) is 4.54. The smallest absolute Gasteiger partial charge is 0.323 e. The monoisotopic (exact) mass is 307 g/mol. The Labute approximate surface area is 134 Å². The molecule has 0 spiro atoms. The van der Waals surface area contributed by atoms with Crippen LogP contribution < -0.4 is 16.0 Å². The van der Waals surface area contributed by atoms with E-state index in [9.17, 15) is 9.59 Å². The van der Waals surface area contributed by atoms with Crippen LogP contribution in [-0.2, 0) is 4.79 Å². The maximum absolute atomic E-state index is 12.1. The number of benzene rings is 2. The summed E-state index contributed by atoms with van der Waals surface area (Å²) in [5.41, 5.74) is 2.01. The number of anilines is 3. The van der Waals surface area contributed by atoms with Crippen molar-refractivity contribution in [2.45, 2.75) is 12.8 Å². The molecule has 2 aromatic rings. The van der Waals surface area contributed by atoms with Crippen molar-refractivity contribution in [1.29, 1.82) is 0 Å². The summed E-state index contributed by atoms with van der Waals surface area (Å²) in [5, 5.41) is 8.46. The Morgan fingerprint density at radius 3 is 2.04 bits per heavy atom. The van der Waals surface area contributed by atoms with Gasteiger partial charge in [0.1, 0.15) is 0 Å². The van der Waals surface area contributed by atoms with Crippen LogP contribution in [0.4, 0.5) is 21.9 Å². The first-order valence-corrected chi connectivity index (χ1v) is 7.70. The zero-order chi connectivity index (χ0) is 15.9. The van der Waals surface area contributed by atoms with E-state index < -0.39 is 0 Å². The molecule has 0 atom stereocenters. The van der Waals surface area contributed by atoms with Gasteiger partial charge in [0.05, 0.1) is 5.41 Å². The topological polar surface area (TPSA) is 70.2 Å². The number of amides is 3. The van der Waals surface area contributed by atoms with E-state index in [0.717, 1.165) is 18.5 Å². The molecule has 0 heterocycles. The molecule has 3 amide bonds. The van der Waals surface area contributed by atoms with Crippen LogP contribution >= 0.6 is 0 Å². The van der Waals surface area contributed by atoms with Crippen molar-refractivity contribution in [2.24, 2.45) is 11.3 Å². The fraction of sp³-hybridized carbons (Fsp3) is 0.222. The van der Waals surface area contributed by atoms with Crippen molar-refractivity contribution in [3.05, 3.63) is 54.6 Å². The van der Waals surface area contributed by atoms with Crippen LogP contribution in [0.1, 0.15) is 12.8 Å². The van der Waals surface area contributed by atoms with Gasteiger partial charge in [-0.05, 0) is 49.1 Å². The van der Waals surface area contributed by atoms with Gasteiger partial charge in [-0.25, -0.2) is 4.79 Å². The fourth-order valence-corrected chi connectivity index (χ4v) is 2.82. The number of hydrogen-bond acceptors (Lipinski definition) is 2. The van der Waals surface area contributed by atoms with Crippen LogP contribution in [0.25, 0.3) is 0 Å². The minimum Gasteiger partial charge on any atom is -0.326 e. The van der Waals surface area contributed by atoms with E-state index in [1.807, 2.05) is 42.5 Å². The first kappa shape index (κ1) is 13.8. The Bertz CT molecular complexity index is 767. The van der Waals surface area contributed by atoms with Gasteiger partial charge in [-0.15, -0.1) is 0 Å². The van der Waals surface area contributed by atoms with Crippen molar-refractivity contribution in [2.75, 3.05) is 16.0 Å². The molecule has 2 aliphatic carbocycles. The Morgan fingerprint density at radius 1 is 0.826 bits per heavy atom. The summed E-state index contributed by atoms with van der Waals surface area (Å²) in [7, 11) is 0. The average molecular weight is 307 g/mol. The minimum absolute atomic E-state index is 0.0614. The number of nitrogens with one attached hydrogen (secondary N) is 3.